The second-order valence-electron chi connectivity index (χ2n) is 5.99. The van der Waals surface area contributed by atoms with E-state index >= 15 is 0 Å². The van der Waals surface area contributed by atoms with E-state index in [0.717, 1.165) is 18.4 Å². The minimum atomic E-state index is -0.000848. The van der Waals surface area contributed by atoms with E-state index in [9.17, 15) is 4.79 Å². The van der Waals surface area contributed by atoms with Crippen LogP contribution in [0.1, 0.15) is 45.1 Å². The molecular weight excluding hydrogens is 322 g/mol. The fourth-order valence-electron chi connectivity index (χ4n) is 2.30. The Morgan fingerprint density at radius 3 is 2.71 bits per heavy atom. The third kappa shape index (κ3) is 6.00. The first-order valence-electron chi connectivity index (χ1n) is 8.41. The maximum atomic E-state index is 12.0. The van der Waals surface area contributed by atoms with Crippen LogP contribution in [0, 0.1) is 6.92 Å². The van der Waals surface area contributed by atoms with Crippen LogP contribution in [0.4, 0.5) is 0 Å². The molecule has 1 aromatic heterocycles. The molecule has 6 heteroatoms. The van der Waals surface area contributed by atoms with Crippen molar-refractivity contribution < 1.29 is 9.21 Å². The Hall–Kier alpha value is -1.82. The summed E-state index contributed by atoms with van der Waals surface area (Å²) < 4.78 is 5.61. The molecule has 0 aliphatic rings. The molecule has 0 aliphatic heterocycles. The Bertz CT molecular complexity index is 640. The van der Waals surface area contributed by atoms with Gasteiger partial charge >= 0.3 is 0 Å². The lowest BCUT2D eigenvalue weighted by Crippen LogP contribution is -2.33. The molecule has 2 rings (SSSR count). The molecule has 130 valence electrons. The van der Waals surface area contributed by atoms with Crippen molar-refractivity contribution in [3.8, 4) is 11.5 Å². The standard InChI is InChI=1S/C18H25N3O2S/c1-4-5-6-7-14(3)19-16(22)12-24-18-21-20-17(23-18)15-10-8-13(2)9-11-15/h8-11,14H,4-7,12H2,1-3H3,(H,19,22). The third-order valence-corrected chi connectivity index (χ3v) is 4.50. The molecule has 1 aromatic carbocycles. The van der Waals surface area contributed by atoms with Crippen molar-refractivity contribution in [2.24, 2.45) is 0 Å². The van der Waals surface area contributed by atoms with Crippen LogP contribution in [0.3, 0.4) is 0 Å². The SMILES string of the molecule is CCCCCC(C)NC(=O)CSc1nnc(-c2ccc(C)cc2)o1. The third-order valence-electron chi connectivity index (χ3n) is 3.68. The second-order valence-corrected chi connectivity index (χ2v) is 6.92. The van der Waals surface area contributed by atoms with Gasteiger partial charge in [-0.15, -0.1) is 10.2 Å². The molecule has 1 N–H and O–H groups in total. The van der Waals surface area contributed by atoms with Gasteiger partial charge in [0.05, 0.1) is 5.75 Å². The number of carbonyl (C=O) groups excluding carboxylic acids is 1. The smallest absolute Gasteiger partial charge is 0.277 e. The lowest BCUT2D eigenvalue weighted by Gasteiger charge is -2.12. The maximum Gasteiger partial charge on any atom is 0.277 e. The van der Waals surface area contributed by atoms with Crippen molar-refractivity contribution in [1.29, 1.82) is 0 Å². The van der Waals surface area contributed by atoms with Crippen molar-refractivity contribution in [2.75, 3.05) is 5.75 Å². The zero-order valence-electron chi connectivity index (χ0n) is 14.5. The van der Waals surface area contributed by atoms with Gasteiger partial charge in [-0.1, -0.05) is 55.6 Å². The van der Waals surface area contributed by atoms with Gasteiger partial charge in [-0.3, -0.25) is 4.79 Å². The molecular formula is C18H25N3O2S. The molecule has 0 radical (unpaired) electrons. The number of aromatic nitrogens is 2. The molecule has 1 heterocycles. The van der Waals surface area contributed by atoms with Crippen LogP contribution in [-0.2, 0) is 4.79 Å². The van der Waals surface area contributed by atoms with Gasteiger partial charge < -0.3 is 9.73 Å². The van der Waals surface area contributed by atoms with Gasteiger partial charge in [-0.05, 0) is 32.4 Å². The number of nitrogens with zero attached hydrogens (tertiary/aromatic N) is 2. The summed E-state index contributed by atoms with van der Waals surface area (Å²) >= 11 is 1.27. The average molecular weight is 347 g/mol. The van der Waals surface area contributed by atoms with Crippen molar-refractivity contribution >= 4 is 17.7 Å². The largest absolute Gasteiger partial charge is 0.411 e. The highest BCUT2D eigenvalue weighted by molar-refractivity contribution is 7.99. The summed E-state index contributed by atoms with van der Waals surface area (Å²) in [6, 6.07) is 8.10. The number of aryl methyl sites for hydroxylation is 1. The number of amides is 1. The first-order chi connectivity index (χ1) is 11.6. The Kier molecular flexibility index (Phi) is 7.31. The van der Waals surface area contributed by atoms with Gasteiger partial charge in [-0.25, -0.2) is 0 Å². The molecule has 5 nitrogen and oxygen atoms in total. The molecule has 24 heavy (non-hydrogen) atoms. The van der Waals surface area contributed by atoms with Crippen molar-refractivity contribution in [2.45, 2.75) is 57.7 Å². The molecule has 0 bridgehead atoms. The average Bonchev–Trinajstić information content (AvgIpc) is 3.03. The van der Waals surface area contributed by atoms with Gasteiger partial charge in [-0.2, -0.15) is 0 Å². The minimum Gasteiger partial charge on any atom is -0.411 e. The Morgan fingerprint density at radius 2 is 2.00 bits per heavy atom. The molecule has 2 aromatic rings. The molecule has 1 amide bonds. The second kappa shape index (κ2) is 9.47. The molecule has 0 spiro atoms. The van der Waals surface area contributed by atoms with Crippen LogP contribution in [0.2, 0.25) is 0 Å². The highest BCUT2D eigenvalue weighted by Crippen LogP contribution is 2.23. The highest BCUT2D eigenvalue weighted by atomic mass is 32.2. The number of hydrogen-bond donors (Lipinski definition) is 1. The van der Waals surface area contributed by atoms with E-state index in [0.29, 0.717) is 11.1 Å². The van der Waals surface area contributed by atoms with Crippen LogP contribution in [-0.4, -0.2) is 27.9 Å². The number of unbranched alkanes of at least 4 members (excludes halogenated alkanes) is 2. The number of rotatable bonds is 9. The zero-order chi connectivity index (χ0) is 17.4. The Labute approximate surface area is 147 Å². The van der Waals surface area contributed by atoms with E-state index in [1.807, 2.05) is 38.1 Å². The quantitative estimate of drug-likeness (QED) is 0.543. The number of hydrogen-bond acceptors (Lipinski definition) is 5. The van der Waals surface area contributed by atoms with Crippen molar-refractivity contribution in [3.63, 3.8) is 0 Å². The lowest BCUT2D eigenvalue weighted by atomic mass is 10.1. The highest BCUT2D eigenvalue weighted by Gasteiger charge is 2.12. The van der Waals surface area contributed by atoms with Crippen molar-refractivity contribution in [3.05, 3.63) is 29.8 Å². The molecule has 0 fully saturated rings. The van der Waals surface area contributed by atoms with E-state index < -0.39 is 0 Å². The fourth-order valence-corrected chi connectivity index (χ4v) is 2.87. The van der Waals surface area contributed by atoms with E-state index in [-0.39, 0.29) is 17.7 Å². The lowest BCUT2D eigenvalue weighted by molar-refractivity contribution is -0.119. The summed E-state index contributed by atoms with van der Waals surface area (Å²) in [5.41, 5.74) is 2.06. The molecule has 0 saturated carbocycles. The van der Waals surface area contributed by atoms with Crippen molar-refractivity contribution in [1.82, 2.24) is 15.5 Å². The summed E-state index contributed by atoms with van der Waals surface area (Å²) in [4.78, 5) is 12.0. The minimum absolute atomic E-state index is 0.000848. The predicted molar refractivity (Wildman–Crippen MR) is 96.9 cm³/mol. The number of nitrogens with one attached hydrogen (secondary N) is 1. The first kappa shape index (κ1) is 18.5. The molecule has 1 atom stereocenters. The van der Waals surface area contributed by atoms with Crippen LogP contribution >= 0.6 is 11.8 Å². The monoisotopic (exact) mass is 347 g/mol. The van der Waals surface area contributed by atoms with Crippen LogP contribution < -0.4 is 5.32 Å². The summed E-state index contributed by atoms with van der Waals surface area (Å²) in [5.74, 6) is 0.762. The van der Waals surface area contributed by atoms with E-state index in [2.05, 4.69) is 22.4 Å². The molecule has 0 aliphatic carbocycles. The van der Waals surface area contributed by atoms with Crippen LogP contribution in [0.25, 0.3) is 11.5 Å². The molecule has 0 saturated heterocycles. The van der Waals surface area contributed by atoms with Gasteiger partial charge in [0.2, 0.25) is 11.8 Å². The summed E-state index contributed by atoms with van der Waals surface area (Å²) in [6.07, 6.45) is 4.56. The topological polar surface area (TPSA) is 68.0 Å². The van der Waals surface area contributed by atoms with Gasteiger partial charge in [0, 0.05) is 11.6 Å². The Balaban J connectivity index is 1.78. The van der Waals surface area contributed by atoms with Gasteiger partial charge in [0.25, 0.3) is 5.22 Å². The summed E-state index contributed by atoms with van der Waals surface area (Å²) in [7, 11) is 0. The number of thioether (sulfide) groups is 1. The summed E-state index contributed by atoms with van der Waals surface area (Å²) in [6.45, 7) is 6.25. The van der Waals surface area contributed by atoms with Gasteiger partial charge in [0.15, 0.2) is 0 Å². The van der Waals surface area contributed by atoms with Crippen LogP contribution in [0.15, 0.2) is 33.9 Å². The first-order valence-corrected chi connectivity index (χ1v) is 9.39. The fraction of sp³-hybridized carbons (Fsp3) is 0.500. The van der Waals surface area contributed by atoms with Crippen LogP contribution in [0.5, 0.6) is 0 Å². The van der Waals surface area contributed by atoms with Gasteiger partial charge in [0.1, 0.15) is 0 Å². The normalized spacial score (nSPS) is 12.1. The maximum absolute atomic E-state index is 12.0. The Morgan fingerprint density at radius 1 is 1.25 bits per heavy atom. The van der Waals surface area contributed by atoms with E-state index in [1.54, 1.807) is 0 Å². The van der Waals surface area contributed by atoms with E-state index in [1.165, 1.54) is 30.2 Å². The zero-order valence-corrected chi connectivity index (χ0v) is 15.4. The predicted octanol–water partition coefficient (Wildman–Crippen LogP) is 4.22. The summed E-state index contributed by atoms with van der Waals surface area (Å²) in [5, 5.41) is 11.4. The number of carbonyl (C=O) groups is 1. The molecule has 1 unspecified atom stereocenters. The number of benzene rings is 1. The van der Waals surface area contributed by atoms with E-state index in [4.69, 9.17) is 4.42 Å².